The zero-order valence-electron chi connectivity index (χ0n) is 18.2. The number of imidazole rings is 1. The van der Waals surface area contributed by atoms with Gasteiger partial charge in [0.15, 0.2) is 6.29 Å². The van der Waals surface area contributed by atoms with Crippen LogP contribution >= 0.6 is 0 Å². The molecule has 0 N–H and O–H groups in total. The standard InChI is InChI=1S/C24H21F3N4O3/c1-15-5-18(29-28-9-15)8-23(13-34-14-23)17-3-2-4-19(7-17)30-11-21-20(24(25,26)27)6-16(12-32)10-31(21)22(30)33/h2-4,6-7,9-12,15H,5,8,13-14H2,1H3. The molecule has 0 radical (unpaired) electrons. The molecule has 0 saturated carbocycles. The molecular weight excluding hydrogens is 449 g/mol. The van der Waals surface area contributed by atoms with Gasteiger partial charge in [0.1, 0.15) is 0 Å². The largest absolute Gasteiger partial charge is 0.418 e. The first-order chi connectivity index (χ1) is 16.2. The number of nitrogens with zero attached hydrogens (tertiary/aromatic N) is 4. The number of halogens is 3. The van der Waals surface area contributed by atoms with E-state index in [-0.39, 0.29) is 22.8 Å². The maximum atomic E-state index is 13.6. The SMILES string of the molecule is CC1C=NN=C(CC2(c3cccc(-n4cc5c(C(F)(F)F)cc(C=O)cn5c4=O)c3)COC2)C1. The van der Waals surface area contributed by atoms with Crippen LogP contribution in [0.5, 0.6) is 0 Å². The number of benzene rings is 1. The minimum atomic E-state index is -4.72. The Kier molecular flexibility index (Phi) is 5.27. The number of alkyl halides is 3. The van der Waals surface area contributed by atoms with Gasteiger partial charge in [-0.3, -0.25) is 13.8 Å². The molecule has 4 heterocycles. The minimum absolute atomic E-state index is 0.232. The summed E-state index contributed by atoms with van der Waals surface area (Å²) in [5.41, 5.74) is -0.331. The average molecular weight is 470 g/mol. The van der Waals surface area contributed by atoms with Crippen molar-refractivity contribution in [2.45, 2.75) is 31.4 Å². The zero-order valence-corrected chi connectivity index (χ0v) is 18.2. The highest BCUT2D eigenvalue weighted by Gasteiger charge is 2.42. The molecule has 0 aliphatic carbocycles. The van der Waals surface area contributed by atoms with E-state index in [1.54, 1.807) is 18.2 Å². The topological polar surface area (TPSA) is 77.4 Å². The molecule has 0 spiro atoms. The van der Waals surface area contributed by atoms with Crippen LogP contribution in [0.15, 0.2) is 57.7 Å². The molecule has 1 fully saturated rings. The van der Waals surface area contributed by atoms with Gasteiger partial charge in [-0.05, 0) is 36.1 Å². The molecule has 2 aliphatic rings. The highest BCUT2D eigenvalue weighted by Crippen LogP contribution is 2.38. The molecule has 3 aromatic rings. The van der Waals surface area contributed by atoms with Gasteiger partial charge in [-0.25, -0.2) is 4.79 Å². The molecule has 1 saturated heterocycles. The molecule has 7 nitrogen and oxygen atoms in total. The predicted octanol–water partition coefficient (Wildman–Crippen LogP) is 4.05. The van der Waals surface area contributed by atoms with Crippen LogP contribution in [-0.4, -0.2) is 40.4 Å². The Balaban J connectivity index is 1.58. The number of pyridine rings is 1. The molecular formula is C24H21F3N4O3. The van der Waals surface area contributed by atoms with E-state index in [0.29, 0.717) is 31.2 Å². The monoisotopic (exact) mass is 470 g/mol. The first-order valence-corrected chi connectivity index (χ1v) is 10.8. The third-order valence-electron chi connectivity index (χ3n) is 6.34. The van der Waals surface area contributed by atoms with E-state index in [1.165, 1.54) is 4.57 Å². The lowest BCUT2D eigenvalue weighted by Gasteiger charge is -2.42. The van der Waals surface area contributed by atoms with Gasteiger partial charge in [0.25, 0.3) is 0 Å². The molecule has 10 heteroatoms. The maximum Gasteiger partial charge on any atom is 0.418 e. The van der Waals surface area contributed by atoms with Crippen LogP contribution in [-0.2, 0) is 16.3 Å². The van der Waals surface area contributed by atoms with Gasteiger partial charge < -0.3 is 4.74 Å². The van der Waals surface area contributed by atoms with E-state index in [1.807, 2.05) is 12.3 Å². The highest BCUT2D eigenvalue weighted by molar-refractivity contribution is 5.90. The number of aromatic nitrogens is 2. The number of hydrogen-bond donors (Lipinski definition) is 0. The van der Waals surface area contributed by atoms with Crippen molar-refractivity contribution in [2.75, 3.05) is 13.2 Å². The second-order valence-corrected chi connectivity index (χ2v) is 8.95. The summed E-state index contributed by atoms with van der Waals surface area (Å²) in [4.78, 5) is 24.2. The Morgan fingerprint density at radius 3 is 2.68 bits per heavy atom. The molecule has 1 aromatic carbocycles. The van der Waals surface area contributed by atoms with Crippen molar-refractivity contribution in [2.24, 2.45) is 16.1 Å². The third kappa shape index (κ3) is 3.77. The van der Waals surface area contributed by atoms with Gasteiger partial charge in [0.05, 0.1) is 30.0 Å². The van der Waals surface area contributed by atoms with Crippen molar-refractivity contribution in [3.8, 4) is 5.69 Å². The summed E-state index contributed by atoms with van der Waals surface area (Å²) < 4.78 is 48.4. The molecule has 0 amide bonds. The fraction of sp³-hybridized carbons (Fsp3) is 0.333. The number of hydrogen-bond acceptors (Lipinski definition) is 5. The normalized spacial score (nSPS) is 19.6. The van der Waals surface area contributed by atoms with Crippen LogP contribution < -0.4 is 5.69 Å². The summed E-state index contributed by atoms with van der Waals surface area (Å²) in [5, 5.41) is 8.36. The summed E-state index contributed by atoms with van der Waals surface area (Å²) in [6, 6.07) is 7.90. The predicted molar refractivity (Wildman–Crippen MR) is 120 cm³/mol. The van der Waals surface area contributed by atoms with E-state index in [0.717, 1.165) is 40.6 Å². The smallest absolute Gasteiger partial charge is 0.379 e. The number of carbonyl (C=O) groups is 1. The van der Waals surface area contributed by atoms with Crippen molar-refractivity contribution < 1.29 is 22.7 Å². The lowest BCUT2D eigenvalue weighted by molar-refractivity contribution is -0.136. The Bertz CT molecular complexity index is 1400. The summed E-state index contributed by atoms with van der Waals surface area (Å²) >= 11 is 0. The van der Waals surface area contributed by atoms with E-state index < -0.39 is 17.4 Å². The molecule has 1 atom stereocenters. The minimum Gasteiger partial charge on any atom is -0.379 e. The van der Waals surface area contributed by atoms with Crippen molar-refractivity contribution in [1.82, 2.24) is 8.97 Å². The number of fused-ring (bicyclic) bond motifs is 1. The van der Waals surface area contributed by atoms with Gasteiger partial charge in [0.2, 0.25) is 0 Å². The van der Waals surface area contributed by atoms with Crippen LogP contribution in [0.3, 0.4) is 0 Å². The quantitative estimate of drug-likeness (QED) is 0.528. The van der Waals surface area contributed by atoms with Crippen molar-refractivity contribution >= 4 is 23.7 Å². The number of aldehydes is 1. The molecule has 2 aromatic heterocycles. The van der Waals surface area contributed by atoms with E-state index >= 15 is 0 Å². The number of rotatable bonds is 5. The summed E-state index contributed by atoms with van der Waals surface area (Å²) in [7, 11) is 0. The highest BCUT2D eigenvalue weighted by atomic mass is 19.4. The summed E-state index contributed by atoms with van der Waals surface area (Å²) in [6.07, 6.45) is 1.09. The second kappa shape index (κ2) is 8.05. The summed E-state index contributed by atoms with van der Waals surface area (Å²) in [5.74, 6) is 0.295. The first kappa shape index (κ1) is 22.3. The van der Waals surface area contributed by atoms with Gasteiger partial charge in [-0.1, -0.05) is 19.1 Å². The van der Waals surface area contributed by atoms with Crippen LogP contribution in [0.1, 0.15) is 41.3 Å². The lowest BCUT2D eigenvalue weighted by atomic mass is 9.73. The van der Waals surface area contributed by atoms with Gasteiger partial charge in [-0.2, -0.15) is 23.4 Å². The van der Waals surface area contributed by atoms with Crippen molar-refractivity contribution in [3.63, 3.8) is 0 Å². The molecule has 176 valence electrons. The Labute approximate surface area is 192 Å². The second-order valence-electron chi connectivity index (χ2n) is 8.95. The first-order valence-electron chi connectivity index (χ1n) is 10.8. The Hall–Kier alpha value is -3.53. The molecule has 1 unspecified atom stereocenters. The zero-order chi connectivity index (χ0) is 24.1. The Morgan fingerprint density at radius 2 is 2.03 bits per heavy atom. The van der Waals surface area contributed by atoms with Gasteiger partial charge >= 0.3 is 11.9 Å². The van der Waals surface area contributed by atoms with E-state index in [9.17, 15) is 22.8 Å². The van der Waals surface area contributed by atoms with E-state index in [2.05, 4.69) is 17.1 Å². The fourth-order valence-corrected chi connectivity index (χ4v) is 4.58. The van der Waals surface area contributed by atoms with Crippen LogP contribution in [0.4, 0.5) is 13.2 Å². The molecule has 34 heavy (non-hydrogen) atoms. The van der Waals surface area contributed by atoms with E-state index in [4.69, 9.17) is 4.74 Å². The number of carbonyl (C=O) groups excluding carboxylic acids is 1. The lowest BCUT2D eigenvalue weighted by Crippen LogP contribution is -2.48. The third-order valence-corrected chi connectivity index (χ3v) is 6.34. The maximum absolute atomic E-state index is 13.6. The molecule has 2 aliphatic heterocycles. The molecule has 0 bridgehead atoms. The number of ether oxygens (including phenoxy) is 1. The van der Waals surface area contributed by atoms with Gasteiger partial charge in [-0.15, -0.1) is 0 Å². The Morgan fingerprint density at radius 1 is 1.24 bits per heavy atom. The summed E-state index contributed by atoms with van der Waals surface area (Å²) in [6.45, 7) is 3.01. The van der Waals surface area contributed by atoms with Crippen LogP contribution in [0.2, 0.25) is 0 Å². The fourth-order valence-electron chi connectivity index (χ4n) is 4.58. The van der Waals surface area contributed by atoms with Gasteiger partial charge in [0, 0.05) is 41.7 Å². The van der Waals surface area contributed by atoms with Crippen molar-refractivity contribution in [3.05, 3.63) is 69.9 Å². The van der Waals surface area contributed by atoms with Crippen LogP contribution in [0, 0.1) is 5.92 Å². The average Bonchev–Trinajstić information content (AvgIpc) is 3.11. The van der Waals surface area contributed by atoms with Crippen molar-refractivity contribution in [1.29, 1.82) is 0 Å². The molecule has 5 rings (SSSR count). The van der Waals surface area contributed by atoms with Crippen LogP contribution in [0.25, 0.3) is 11.2 Å².